The quantitative estimate of drug-likeness (QED) is 0.856. The number of carbonyl (C=O) groups is 1. The van der Waals surface area contributed by atoms with Gasteiger partial charge in [-0.2, -0.15) is 0 Å². The molecule has 0 bridgehead atoms. The summed E-state index contributed by atoms with van der Waals surface area (Å²) >= 11 is 0. The van der Waals surface area contributed by atoms with Crippen LogP contribution in [0.4, 0.5) is 5.69 Å². The van der Waals surface area contributed by atoms with Crippen molar-refractivity contribution in [2.45, 2.75) is 6.92 Å². The van der Waals surface area contributed by atoms with E-state index in [0.717, 1.165) is 5.69 Å². The summed E-state index contributed by atoms with van der Waals surface area (Å²) in [6, 6.07) is 6.23. The molecule has 6 nitrogen and oxygen atoms in total. The van der Waals surface area contributed by atoms with E-state index >= 15 is 0 Å². The van der Waals surface area contributed by atoms with Crippen molar-refractivity contribution in [1.29, 1.82) is 0 Å². The maximum atomic E-state index is 10.8. The van der Waals surface area contributed by atoms with Gasteiger partial charge in [0.25, 0.3) is 0 Å². The number of nitrogens with two attached hydrogens (primary N) is 1. The number of nitrogens with zero attached hydrogens (tertiary/aromatic N) is 2. The molecule has 0 saturated heterocycles. The molecule has 0 fully saturated rings. The van der Waals surface area contributed by atoms with Gasteiger partial charge in [0.15, 0.2) is 5.69 Å². The fraction of sp³-hybridized carbons (Fsp3) is 0.0833. The van der Waals surface area contributed by atoms with Gasteiger partial charge in [-0.15, -0.1) is 0 Å². The van der Waals surface area contributed by atoms with Gasteiger partial charge in [-0.05, 0) is 31.2 Å². The molecular formula is C12H11N3O3. The number of aromatic carboxylic acids is 1. The third-order valence-corrected chi connectivity index (χ3v) is 2.21. The summed E-state index contributed by atoms with van der Waals surface area (Å²) in [4.78, 5) is 18.7. The first-order chi connectivity index (χ1) is 8.56. The number of aryl methyl sites for hydroxylation is 1. The van der Waals surface area contributed by atoms with Crippen molar-refractivity contribution in [3.05, 3.63) is 41.9 Å². The zero-order valence-electron chi connectivity index (χ0n) is 9.62. The minimum Gasteiger partial charge on any atom is -0.477 e. The number of rotatable bonds is 3. The van der Waals surface area contributed by atoms with Crippen molar-refractivity contribution in [1.82, 2.24) is 9.97 Å². The fourth-order valence-electron chi connectivity index (χ4n) is 1.28. The standard InChI is InChI=1S/C12H11N3O3/c1-7-2-3-8(6-14-7)18-11-9(13)4-5-10(15-11)12(16)17/h2-6H,13H2,1H3,(H,16,17). The van der Waals surface area contributed by atoms with Crippen molar-refractivity contribution in [3.8, 4) is 11.6 Å². The lowest BCUT2D eigenvalue weighted by molar-refractivity contribution is 0.0689. The normalized spacial score (nSPS) is 10.1. The number of aromatic nitrogens is 2. The predicted molar refractivity (Wildman–Crippen MR) is 64.7 cm³/mol. The summed E-state index contributed by atoms with van der Waals surface area (Å²) in [5.41, 5.74) is 6.65. The summed E-state index contributed by atoms with van der Waals surface area (Å²) < 4.78 is 5.39. The van der Waals surface area contributed by atoms with Crippen LogP contribution in [0.5, 0.6) is 11.6 Å². The molecule has 0 radical (unpaired) electrons. The minimum absolute atomic E-state index is 0.0561. The maximum Gasteiger partial charge on any atom is 0.354 e. The lowest BCUT2D eigenvalue weighted by atomic mass is 10.3. The van der Waals surface area contributed by atoms with Crippen molar-refractivity contribution >= 4 is 11.7 Å². The largest absolute Gasteiger partial charge is 0.477 e. The van der Waals surface area contributed by atoms with Crippen molar-refractivity contribution in [3.63, 3.8) is 0 Å². The van der Waals surface area contributed by atoms with Crippen LogP contribution < -0.4 is 10.5 Å². The second-order valence-electron chi connectivity index (χ2n) is 3.63. The summed E-state index contributed by atoms with van der Waals surface area (Å²) in [5, 5.41) is 8.83. The molecule has 0 atom stereocenters. The van der Waals surface area contributed by atoms with E-state index in [4.69, 9.17) is 15.6 Å². The highest BCUT2D eigenvalue weighted by atomic mass is 16.5. The summed E-state index contributed by atoms with van der Waals surface area (Å²) in [5.74, 6) is -0.634. The second-order valence-corrected chi connectivity index (χ2v) is 3.63. The first-order valence-electron chi connectivity index (χ1n) is 5.16. The van der Waals surface area contributed by atoms with Crippen molar-refractivity contribution in [2.24, 2.45) is 0 Å². The van der Waals surface area contributed by atoms with Crippen LogP contribution in [0.1, 0.15) is 16.2 Å². The van der Waals surface area contributed by atoms with Crippen molar-refractivity contribution < 1.29 is 14.6 Å². The van der Waals surface area contributed by atoms with Gasteiger partial charge in [0.2, 0.25) is 5.88 Å². The molecule has 2 aromatic rings. The van der Waals surface area contributed by atoms with E-state index in [1.807, 2.05) is 6.92 Å². The molecule has 2 aromatic heterocycles. The molecule has 0 amide bonds. The highest BCUT2D eigenvalue weighted by molar-refractivity contribution is 5.86. The van der Waals surface area contributed by atoms with Gasteiger partial charge < -0.3 is 15.6 Å². The van der Waals surface area contributed by atoms with Gasteiger partial charge in [0.1, 0.15) is 5.75 Å². The Labute approximate surface area is 103 Å². The van der Waals surface area contributed by atoms with E-state index in [2.05, 4.69) is 9.97 Å². The Morgan fingerprint density at radius 1 is 1.33 bits per heavy atom. The highest BCUT2D eigenvalue weighted by Crippen LogP contribution is 2.24. The fourth-order valence-corrected chi connectivity index (χ4v) is 1.28. The van der Waals surface area contributed by atoms with Gasteiger partial charge >= 0.3 is 5.97 Å². The number of anilines is 1. The van der Waals surface area contributed by atoms with Crippen LogP contribution in [0, 0.1) is 6.92 Å². The number of ether oxygens (including phenoxy) is 1. The molecule has 0 aliphatic carbocycles. The smallest absolute Gasteiger partial charge is 0.354 e. The molecule has 0 aliphatic heterocycles. The van der Waals surface area contributed by atoms with E-state index in [1.54, 1.807) is 12.1 Å². The van der Waals surface area contributed by atoms with Gasteiger partial charge in [-0.1, -0.05) is 0 Å². The van der Waals surface area contributed by atoms with Crippen molar-refractivity contribution in [2.75, 3.05) is 5.73 Å². The predicted octanol–water partition coefficient (Wildman–Crippen LogP) is 1.86. The third kappa shape index (κ3) is 2.54. The lowest BCUT2D eigenvalue weighted by Crippen LogP contribution is -2.03. The van der Waals surface area contributed by atoms with E-state index in [0.29, 0.717) is 5.75 Å². The van der Waals surface area contributed by atoms with Gasteiger partial charge in [0, 0.05) is 5.69 Å². The lowest BCUT2D eigenvalue weighted by Gasteiger charge is -2.07. The van der Waals surface area contributed by atoms with E-state index in [9.17, 15) is 4.79 Å². The molecule has 92 valence electrons. The molecule has 0 aromatic carbocycles. The zero-order valence-corrected chi connectivity index (χ0v) is 9.62. The molecule has 0 spiro atoms. The number of nitrogen functional groups attached to an aromatic ring is 1. The Hall–Kier alpha value is -2.63. The Bertz CT molecular complexity index is 582. The average molecular weight is 245 g/mol. The Balaban J connectivity index is 2.30. The van der Waals surface area contributed by atoms with E-state index < -0.39 is 5.97 Å². The first-order valence-corrected chi connectivity index (χ1v) is 5.16. The summed E-state index contributed by atoms with van der Waals surface area (Å²) in [6.07, 6.45) is 1.52. The molecule has 2 heterocycles. The number of hydrogen-bond donors (Lipinski definition) is 2. The summed E-state index contributed by atoms with van der Waals surface area (Å²) in [7, 11) is 0. The monoisotopic (exact) mass is 245 g/mol. The Morgan fingerprint density at radius 3 is 2.72 bits per heavy atom. The molecule has 18 heavy (non-hydrogen) atoms. The van der Waals surface area contributed by atoms with Crippen LogP contribution in [0.3, 0.4) is 0 Å². The molecule has 0 saturated carbocycles. The maximum absolute atomic E-state index is 10.8. The minimum atomic E-state index is -1.14. The topological polar surface area (TPSA) is 98.3 Å². The van der Waals surface area contributed by atoms with Crippen LogP contribution in [0.2, 0.25) is 0 Å². The second kappa shape index (κ2) is 4.70. The first kappa shape index (κ1) is 11.8. The van der Waals surface area contributed by atoms with E-state index in [-0.39, 0.29) is 17.3 Å². The number of carboxylic acid groups (broad SMARTS) is 1. The Morgan fingerprint density at radius 2 is 2.11 bits per heavy atom. The van der Waals surface area contributed by atoms with Crippen LogP contribution in [0.25, 0.3) is 0 Å². The molecule has 2 rings (SSSR count). The zero-order chi connectivity index (χ0) is 13.1. The molecule has 6 heteroatoms. The van der Waals surface area contributed by atoms with Gasteiger partial charge in [-0.3, -0.25) is 4.98 Å². The van der Waals surface area contributed by atoms with Crippen LogP contribution in [-0.2, 0) is 0 Å². The highest BCUT2D eigenvalue weighted by Gasteiger charge is 2.10. The van der Waals surface area contributed by atoms with E-state index in [1.165, 1.54) is 18.3 Å². The number of hydrogen-bond acceptors (Lipinski definition) is 5. The molecule has 0 aliphatic rings. The third-order valence-electron chi connectivity index (χ3n) is 2.21. The van der Waals surface area contributed by atoms with Gasteiger partial charge in [-0.25, -0.2) is 9.78 Å². The SMILES string of the molecule is Cc1ccc(Oc2nc(C(=O)O)ccc2N)cn1. The summed E-state index contributed by atoms with van der Waals surface area (Å²) in [6.45, 7) is 1.85. The van der Waals surface area contributed by atoms with Crippen LogP contribution in [-0.4, -0.2) is 21.0 Å². The molecular weight excluding hydrogens is 234 g/mol. The molecule has 0 unspecified atom stereocenters. The molecule has 3 N–H and O–H groups in total. The van der Waals surface area contributed by atoms with Gasteiger partial charge in [0.05, 0.1) is 11.9 Å². The number of pyridine rings is 2. The van der Waals surface area contributed by atoms with Crippen LogP contribution >= 0.6 is 0 Å². The van der Waals surface area contributed by atoms with Crippen LogP contribution in [0.15, 0.2) is 30.5 Å². The average Bonchev–Trinajstić information content (AvgIpc) is 2.34. The Kier molecular flexibility index (Phi) is 3.09. The number of carboxylic acids is 1.